The second-order valence-electron chi connectivity index (χ2n) is 4.94. The van der Waals surface area contributed by atoms with E-state index in [9.17, 15) is 9.59 Å². The molecule has 0 atom stereocenters. The first kappa shape index (κ1) is 14.8. The SMILES string of the molecule is O=C(CCc1nc2ccccc2o1)NNC(=O)c1ccccc1. The predicted octanol–water partition coefficient (Wildman–Crippen LogP) is 2.22. The molecule has 23 heavy (non-hydrogen) atoms. The summed E-state index contributed by atoms with van der Waals surface area (Å²) in [6.07, 6.45) is 0.531. The Morgan fingerprint density at radius 2 is 1.70 bits per heavy atom. The minimum atomic E-state index is -0.360. The number of hydrazine groups is 1. The van der Waals surface area contributed by atoms with Crippen molar-refractivity contribution in [3.63, 3.8) is 0 Å². The van der Waals surface area contributed by atoms with Crippen molar-refractivity contribution < 1.29 is 14.0 Å². The summed E-state index contributed by atoms with van der Waals surface area (Å²) in [5, 5.41) is 0. The van der Waals surface area contributed by atoms with Crippen LogP contribution in [0.1, 0.15) is 22.7 Å². The van der Waals surface area contributed by atoms with Crippen LogP contribution in [0.25, 0.3) is 11.1 Å². The van der Waals surface area contributed by atoms with Gasteiger partial charge in [0.05, 0.1) is 0 Å². The summed E-state index contributed by atoms with van der Waals surface area (Å²) < 4.78 is 5.53. The molecule has 116 valence electrons. The summed E-state index contributed by atoms with van der Waals surface area (Å²) in [6, 6.07) is 16.1. The van der Waals surface area contributed by atoms with E-state index in [4.69, 9.17) is 4.42 Å². The Morgan fingerprint density at radius 1 is 0.957 bits per heavy atom. The molecular formula is C17H15N3O3. The molecule has 6 heteroatoms. The van der Waals surface area contributed by atoms with E-state index in [0.29, 0.717) is 23.5 Å². The first-order valence-corrected chi connectivity index (χ1v) is 7.21. The number of amides is 2. The van der Waals surface area contributed by atoms with Crippen LogP contribution in [0.5, 0.6) is 0 Å². The first-order valence-electron chi connectivity index (χ1n) is 7.21. The molecule has 1 heterocycles. The van der Waals surface area contributed by atoms with E-state index in [1.54, 1.807) is 24.3 Å². The molecule has 0 bridgehead atoms. The molecule has 3 aromatic rings. The fraction of sp³-hybridized carbons (Fsp3) is 0.118. The van der Waals surface area contributed by atoms with Gasteiger partial charge in [-0.15, -0.1) is 0 Å². The Morgan fingerprint density at radius 3 is 2.48 bits per heavy atom. The van der Waals surface area contributed by atoms with Crippen LogP contribution in [0.2, 0.25) is 0 Å². The standard InChI is InChI=1S/C17H15N3O3/c21-15(19-20-17(22)12-6-2-1-3-7-12)10-11-16-18-13-8-4-5-9-14(13)23-16/h1-9H,10-11H2,(H,19,21)(H,20,22). The number of hydrogen-bond acceptors (Lipinski definition) is 4. The van der Waals surface area contributed by atoms with Gasteiger partial charge in [-0.05, 0) is 24.3 Å². The molecule has 0 unspecified atom stereocenters. The number of aromatic nitrogens is 1. The summed E-state index contributed by atoms with van der Waals surface area (Å²) in [7, 11) is 0. The predicted molar refractivity (Wildman–Crippen MR) is 84.4 cm³/mol. The van der Waals surface area contributed by atoms with E-state index in [1.807, 2.05) is 30.3 Å². The van der Waals surface area contributed by atoms with Crippen molar-refractivity contribution >= 4 is 22.9 Å². The zero-order valence-electron chi connectivity index (χ0n) is 12.3. The summed E-state index contributed by atoms with van der Waals surface area (Å²) >= 11 is 0. The third-order valence-electron chi connectivity index (χ3n) is 3.26. The maximum Gasteiger partial charge on any atom is 0.269 e. The zero-order valence-corrected chi connectivity index (χ0v) is 12.3. The lowest BCUT2D eigenvalue weighted by Crippen LogP contribution is -2.41. The third-order valence-corrected chi connectivity index (χ3v) is 3.26. The molecular weight excluding hydrogens is 294 g/mol. The molecule has 2 N–H and O–H groups in total. The number of benzene rings is 2. The lowest BCUT2D eigenvalue weighted by Gasteiger charge is -2.06. The minimum absolute atomic E-state index is 0.169. The van der Waals surface area contributed by atoms with Gasteiger partial charge in [0.15, 0.2) is 11.5 Å². The summed E-state index contributed by atoms with van der Waals surface area (Å²) in [4.78, 5) is 27.8. The molecule has 0 radical (unpaired) electrons. The summed E-state index contributed by atoms with van der Waals surface area (Å²) in [5.74, 6) is -0.173. The number of para-hydroxylation sites is 2. The molecule has 0 saturated carbocycles. The average Bonchev–Trinajstić information content (AvgIpc) is 3.01. The fourth-order valence-electron chi connectivity index (χ4n) is 2.10. The second kappa shape index (κ2) is 6.74. The van der Waals surface area contributed by atoms with Crippen molar-refractivity contribution in [2.45, 2.75) is 12.8 Å². The van der Waals surface area contributed by atoms with E-state index < -0.39 is 0 Å². The molecule has 0 spiro atoms. The van der Waals surface area contributed by atoms with Crippen LogP contribution in [0.3, 0.4) is 0 Å². The number of oxazole rings is 1. The molecule has 1 aromatic heterocycles. The van der Waals surface area contributed by atoms with Gasteiger partial charge in [0.1, 0.15) is 5.52 Å². The number of nitrogens with one attached hydrogen (secondary N) is 2. The van der Waals surface area contributed by atoms with Crippen LogP contribution >= 0.6 is 0 Å². The van der Waals surface area contributed by atoms with Crippen molar-refractivity contribution in [3.8, 4) is 0 Å². The smallest absolute Gasteiger partial charge is 0.269 e. The van der Waals surface area contributed by atoms with Crippen molar-refractivity contribution in [3.05, 3.63) is 66.1 Å². The number of carbonyl (C=O) groups excluding carboxylic acids is 2. The maximum absolute atomic E-state index is 11.8. The largest absolute Gasteiger partial charge is 0.441 e. The van der Waals surface area contributed by atoms with Crippen LogP contribution in [0.4, 0.5) is 0 Å². The van der Waals surface area contributed by atoms with E-state index in [2.05, 4.69) is 15.8 Å². The molecule has 0 fully saturated rings. The van der Waals surface area contributed by atoms with E-state index in [1.165, 1.54) is 0 Å². The second-order valence-corrected chi connectivity index (χ2v) is 4.94. The summed E-state index contributed by atoms with van der Waals surface area (Å²) in [6.45, 7) is 0. The Balaban J connectivity index is 1.49. The van der Waals surface area contributed by atoms with Crippen LogP contribution < -0.4 is 10.9 Å². The summed E-state index contributed by atoms with van der Waals surface area (Å²) in [5.41, 5.74) is 6.69. The quantitative estimate of drug-likeness (QED) is 0.724. The van der Waals surface area contributed by atoms with Gasteiger partial charge in [0, 0.05) is 18.4 Å². The zero-order chi connectivity index (χ0) is 16.1. The topological polar surface area (TPSA) is 84.2 Å². The van der Waals surface area contributed by atoms with E-state index >= 15 is 0 Å². The number of rotatable bonds is 4. The Kier molecular flexibility index (Phi) is 4.33. The van der Waals surface area contributed by atoms with Crippen LogP contribution in [-0.2, 0) is 11.2 Å². The third kappa shape index (κ3) is 3.74. The molecule has 2 aromatic carbocycles. The van der Waals surface area contributed by atoms with E-state index in [-0.39, 0.29) is 18.2 Å². The van der Waals surface area contributed by atoms with Gasteiger partial charge in [0.2, 0.25) is 5.91 Å². The highest BCUT2D eigenvalue weighted by atomic mass is 16.3. The van der Waals surface area contributed by atoms with Crippen molar-refractivity contribution in [1.29, 1.82) is 0 Å². The molecule has 0 aliphatic rings. The highest BCUT2D eigenvalue weighted by molar-refractivity contribution is 5.95. The molecule has 6 nitrogen and oxygen atoms in total. The maximum atomic E-state index is 11.8. The van der Waals surface area contributed by atoms with Crippen LogP contribution in [0.15, 0.2) is 59.0 Å². The molecule has 0 aliphatic carbocycles. The molecule has 2 amide bonds. The van der Waals surface area contributed by atoms with Gasteiger partial charge < -0.3 is 4.42 Å². The Hall–Kier alpha value is -3.15. The van der Waals surface area contributed by atoms with Gasteiger partial charge >= 0.3 is 0 Å². The fourth-order valence-corrected chi connectivity index (χ4v) is 2.10. The molecule has 0 aliphatic heterocycles. The van der Waals surface area contributed by atoms with Gasteiger partial charge in [-0.25, -0.2) is 4.98 Å². The monoisotopic (exact) mass is 309 g/mol. The average molecular weight is 309 g/mol. The number of fused-ring (bicyclic) bond motifs is 1. The van der Waals surface area contributed by atoms with Gasteiger partial charge in [-0.1, -0.05) is 30.3 Å². The van der Waals surface area contributed by atoms with Crippen LogP contribution in [0, 0.1) is 0 Å². The highest BCUT2D eigenvalue weighted by Crippen LogP contribution is 2.15. The van der Waals surface area contributed by atoms with Crippen LogP contribution in [-0.4, -0.2) is 16.8 Å². The number of nitrogens with zero attached hydrogens (tertiary/aromatic N) is 1. The highest BCUT2D eigenvalue weighted by Gasteiger charge is 2.10. The normalized spacial score (nSPS) is 10.4. The lowest BCUT2D eigenvalue weighted by atomic mass is 10.2. The minimum Gasteiger partial charge on any atom is -0.441 e. The lowest BCUT2D eigenvalue weighted by molar-refractivity contribution is -0.121. The molecule has 0 saturated heterocycles. The van der Waals surface area contributed by atoms with Gasteiger partial charge in [-0.2, -0.15) is 0 Å². The number of carbonyl (C=O) groups is 2. The molecule has 3 rings (SSSR count). The first-order chi connectivity index (χ1) is 11.2. The number of hydrogen-bond donors (Lipinski definition) is 2. The Bertz CT molecular complexity index is 794. The van der Waals surface area contributed by atoms with Gasteiger partial charge in [-0.3, -0.25) is 20.4 Å². The van der Waals surface area contributed by atoms with Crippen molar-refractivity contribution in [2.24, 2.45) is 0 Å². The van der Waals surface area contributed by atoms with Gasteiger partial charge in [0.25, 0.3) is 5.91 Å². The Labute approximate surface area is 132 Å². The van der Waals surface area contributed by atoms with Crippen molar-refractivity contribution in [1.82, 2.24) is 15.8 Å². The number of aryl methyl sites for hydroxylation is 1. The van der Waals surface area contributed by atoms with Crippen molar-refractivity contribution in [2.75, 3.05) is 0 Å². The van der Waals surface area contributed by atoms with E-state index in [0.717, 1.165) is 5.52 Å².